The van der Waals surface area contributed by atoms with E-state index in [2.05, 4.69) is 22.9 Å². The van der Waals surface area contributed by atoms with E-state index in [1.165, 1.54) is 23.5 Å². The van der Waals surface area contributed by atoms with Crippen molar-refractivity contribution in [3.63, 3.8) is 0 Å². The number of rotatable bonds is 6. The van der Waals surface area contributed by atoms with Crippen molar-refractivity contribution in [1.29, 1.82) is 0 Å². The van der Waals surface area contributed by atoms with Gasteiger partial charge in [-0.05, 0) is 66.8 Å². The van der Waals surface area contributed by atoms with Crippen molar-refractivity contribution in [1.82, 2.24) is 9.29 Å². The summed E-state index contributed by atoms with van der Waals surface area (Å²) in [6.45, 7) is 3.56. The van der Waals surface area contributed by atoms with Crippen LogP contribution in [0.15, 0.2) is 82.2 Å². The van der Waals surface area contributed by atoms with E-state index in [9.17, 15) is 13.2 Å². The predicted octanol–water partition coefficient (Wildman–Crippen LogP) is 6.33. The minimum Gasteiger partial charge on any atom is -0.279 e. The van der Waals surface area contributed by atoms with E-state index in [1.54, 1.807) is 21.3 Å². The number of thiazole rings is 1. The van der Waals surface area contributed by atoms with Gasteiger partial charge in [-0.15, -0.1) is 0 Å². The van der Waals surface area contributed by atoms with Crippen molar-refractivity contribution in [3.05, 3.63) is 88.4 Å². The Morgan fingerprint density at radius 3 is 2.44 bits per heavy atom. The first kappa shape index (κ1) is 25.1. The Labute approximate surface area is 223 Å². The van der Waals surface area contributed by atoms with Gasteiger partial charge in [0.25, 0.3) is 5.91 Å². The number of carbonyl (C=O) groups excluding carboxylic acids is 1. The molecule has 0 radical (unpaired) electrons. The number of aromatic nitrogens is 1. The third-order valence-corrected chi connectivity index (χ3v) is 9.93. The summed E-state index contributed by atoms with van der Waals surface area (Å²) in [5.74, 6) is 0.309. The highest BCUT2D eigenvalue weighted by atomic mass is 79.9. The molecule has 186 valence electrons. The lowest BCUT2D eigenvalue weighted by Crippen LogP contribution is -2.37. The molecule has 3 aromatic carbocycles. The molecule has 0 aliphatic carbocycles. The van der Waals surface area contributed by atoms with Gasteiger partial charge >= 0.3 is 0 Å². The average Bonchev–Trinajstić information content (AvgIpc) is 3.31. The molecule has 1 amide bonds. The first-order chi connectivity index (χ1) is 17.3. The molecule has 0 spiro atoms. The van der Waals surface area contributed by atoms with Crippen LogP contribution in [0.3, 0.4) is 0 Å². The standard InChI is InChI=1S/C27H26BrN3O3S2/c1-19-13-15-30(16-14-19)36(33,34)23-10-7-21(8-11-23)26(32)31(18-20-5-3-2-4-6-20)27-29-24-12-9-22(28)17-25(24)35-27/h2-12,17,19H,13-16,18H2,1H3. The number of benzene rings is 3. The minimum atomic E-state index is -3.58. The normalized spacial score (nSPS) is 15.3. The molecule has 1 saturated heterocycles. The van der Waals surface area contributed by atoms with Crippen LogP contribution in [0, 0.1) is 5.92 Å². The van der Waals surface area contributed by atoms with Crippen LogP contribution in [-0.2, 0) is 16.6 Å². The number of piperidine rings is 1. The largest absolute Gasteiger partial charge is 0.279 e. The van der Waals surface area contributed by atoms with Crippen LogP contribution in [0.4, 0.5) is 5.13 Å². The van der Waals surface area contributed by atoms with Crippen molar-refractivity contribution in [2.45, 2.75) is 31.2 Å². The van der Waals surface area contributed by atoms with Crippen molar-refractivity contribution in [2.24, 2.45) is 5.92 Å². The number of sulfonamides is 1. The van der Waals surface area contributed by atoms with E-state index in [-0.39, 0.29) is 10.8 Å². The molecule has 9 heteroatoms. The maximum atomic E-state index is 13.7. The van der Waals surface area contributed by atoms with Gasteiger partial charge in [0.1, 0.15) is 0 Å². The van der Waals surface area contributed by atoms with Gasteiger partial charge in [0.15, 0.2) is 5.13 Å². The maximum Gasteiger partial charge on any atom is 0.260 e. The Morgan fingerprint density at radius 1 is 1.06 bits per heavy atom. The quantitative estimate of drug-likeness (QED) is 0.266. The molecular formula is C27H26BrN3O3S2. The molecule has 0 atom stereocenters. The maximum absolute atomic E-state index is 13.7. The molecule has 36 heavy (non-hydrogen) atoms. The van der Waals surface area contributed by atoms with Gasteiger partial charge in [0.05, 0.1) is 21.7 Å². The third kappa shape index (κ3) is 5.25. The first-order valence-corrected chi connectivity index (χ1v) is 14.9. The fourth-order valence-electron chi connectivity index (χ4n) is 4.29. The Balaban J connectivity index is 1.45. The second-order valence-electron chi connectivity index (χ2n) is 9.10. The van der Waals surface area contributed by atoms with Gasteiger partial charge in [-0.1, -0.05) is 64.5 Å². The molecule has 0 N–H and O–H groups in total. The number of hydrogen-bond acceptors (Lipinski definition) is 5. The molecule has 5 rings (SSSR count). The summed E-state index contributed by atoms with van der Waals surface area (Å²) in [5, 5.41) is 0.594. The molecule has 1 aliphatic heterocycles. The zero-order valence-electron chi connectivity index (χ0n) is 19.8. The number of nitrogens with zero attached hydrogens (tertiary/aromatic N) is 3. The number of amides is 1. The second-order valence-corrected chi connectivity index (χ2v) is 13.0. The monoisotopic (exact) mass is 583 g/mol. The van der Waals surface area contributed by atoms with Crippen LogP contribution in [0.1, 0.15) is 35.7 Å². The molecule has 0 unspecified atom stereocenters. The lowest BCUT2D eigenvalue weighted by Gasteiger charge is -2.29. The zero-order valence-corrected chi connectivity index (χ0v) is 23.0. The molecule has 1 aromatic heterocycles. The predicted molar refractivity (Wildman–Crippen MR) is 148 cm³/mol. The van der Waals surface area contributed by atoms with Crippen molar-refractivity contribution < 1.29 is 13.2 Å². The van der Waals surface area contributed by atoms with E-state index in [0.29, 0.717) is 36.2 Å². The Kier molecular flexibility index (Phi) is 7.25. The summed E-state index contributed by atoms with van der Waals surface area (Å²) >= 11 is 4.95. The van der Waals surface area contributed by atoms with Gasteiger partial charge in [-0.2, -0.15) is 4.31 Å². The Hall–Kier alpha value is -2.59. The molecule has 0 bridgehead atoms. The Morgan fingerprint density at radius 2 is 1.75 bits per heavy atom. The van der Waals surface area contributed by atoms with E-state index < -0.39 is 10.0 Å². The lowest BCUT2D eigenvalue weighted by molar-refractivity contribution is 0.0985. The van der Waals surface area contributed by atoms with Gasteiger partial charge < -0.3 is 0 Å². The topological polar surface area (TPSA) is 70.6 Å². The van der Waals surface area contributed by atoms with Crippen molar-refractivity contribution in [2.75, 3.05) is 18.0 Å². The van der Waals surface area contributed by atoms with Gasteiger partial charge in [0, 0.05) is 23.1 Å². The van der Waals surface area contributed by atoms with Crippen molar-refractivity contribution in [3.8, 4) is 0 Å². The fourth-order valence-corrected chi connectivity index (χ4v) is 7.28. The third-order valence-electron chi connectivity index (χ3n) is 6.48. The fraction of sp³-hybridized carbons (Fsp3) is 0.259. The molecule has 0 saturated carbocycles. The SMILES string of the molecule is CC1CCN(S(=O)(=O)c2ccc(C(=O)N(Cc3ccccc3)c3nc4ccc(Br)cc4s3)cc2)CC1. The van der Waals surface area contributed by atoms with Crippen LogP contribution < -0.4 is 4.90 Å². The van der Waals surface area contributed by atoms with Crippen LogP contribution >= 0.6 is 27.3 Å². The number of halogens is 1. The lowest BCUT2D eigenvalue weighted by atomic mass is 10.0. The number of anilines is 1. The molecule has 1 aliphatic rings. The summed E-state index contributed by atoms with van der Waals surface area (Å²) in [7, 11) is -3.58. The summed E-state index contributed by atoms with van der Waals surface area (Å²) in [5.41, 5.74) is 2.21. The van der Waals surface area contributed by atoms with Gasteiger partial charge in [0.2, 0.25) is 10.0 Å². The number of hydrogen-bond donors (Lipinski definition) is 0. The highest BCUT2D eigenvalue weighted by Gasteiger charge is 2.29. The first-order valence-electron chi connectivity index (χ1n) is 11.8. The molecule has 1 fully saturated rings. The van der Waals surface area contributed by atoms with E-state index in [1.807, 2.05) is 48.5 Å². The van der Waals surface area contributed by atoms with Crippen LogP contribution in [0.5, 0.6) is 0 Å². The highest BCUT2D eigenvalue weighted by Crippen LogP contribution is 2.33. The van der Waals surface area contributed by atoms with E-state index >= 15 is 0 Å². The molecular weight excluding hydrogens is 558 g/mol. The van der Waals surface area contributed by atoms with Gasteiger partial charge in [-0.3, -0.25) is 9.69 Å². The van der Waals surface area contributed by atoms with E-state index in [0.717, 1.165) is 33.1 Å². The zero-order chi connectivity index (χ0) is 25.3. The number of carbonyl (C=O) groups is 1. The molecule has 2 heterocycles. The van der Waals surface area contributed by atoms with Crippen molar-refractivity contribution >= 4 is 58.5 Å². The van der Waals surface area contributed by atoms with E-state index in [4.69, 9.17) is 4.98 Å². The summed E-state index contributed by atoms with van der Waals surface area (Å²) in [4.78, 5) is 20.3. The minimum absolute atomic E-state index is 0.216. The molecule has 6 nitrogen and oxygen atoms in total. The highest BCUT2D eigenvalue weighted by molar-refractivity contribution is 9.10. The number of fused-ring (bicyclic) bond motifs is 1. The summed E-state index contributed by atoms with van der Waals surface area (Å²) in [6, 6.07) is 21.9. The van der Waals surface area contributed by atoms with Crippen LogP contribution in [0.2, 0.25) is 0 Å². The smallest absolute Gasteiger partial charge is 0.260 e. The average molecular weight is 585 g/mol. The van der Waals surface area contributed by atoms with Crippen LogP contribution in [-0.4, -0.2) is 36.7 Å². The van der Waals surface area contributed by atoms with Crippen LogP contribution in [0.25, 0.3) is 10.2 Å². The molecule has 4 aromatic rings. The summed E-state index contributed by atoms with van der Waals surface area (Å²) in [6.07, 6.45) is 1.73. The van der Waals surface area contributed by atoms with Gasteiger partial charge in [-0.25, -0.2) is 13.4 Å². The Bertz CT molecular complexity index is 1480. The summed E-state index contributed by atoms with van der Waals surface area (Å²) < 4.78 is 29.7. The second kappa shape index (κ2) is 10.4.